The van der Waals surface area contributed by atoms with E-state index in [0.29, 0.717) is 15.8 Å². The molecule has 1 saturated heterocycles. The minimum atomic E-state index is -0.260. The molecule has 2 aromatic rings. The number of hydrogen-bond donors (Lipinski definition) is 0. The number of nitrogens with zero attached hydrogens (tertiary/aromatic N) is 2. The van der Waals surface area contributed by atoms with Crippen molar-refractivity contribution in [2.75, 3.05) is 6.54 Å². The van der Waals surface area contributed by atoms with Gasteiger partial charge in [-0.3, -0.25) is 9.69 Å². The standard InChI is InChI=1S/C18H17FN2OS2/c1-4-20-17(22)16(24-18(20)23)10-13-9-11(2)21(12(13)3)15-7-5-14(19)6-8-15/h5-10H,4H2,1-3H3. The van der Waals surface area contributed by atoms with Crippen LogP contribution in [0.25, 0.3) is 11.8 Å². The summed E-state index contributed by atoms with van der Waals surface area (Å²) in [5, 5.41) is 0. The van der Waals surface area contributed by atoms with Crippen LogP contribution in [-0.2, 0) is 4.79 Å². The molecule has 1 amide bonds. The van der Waals surface area contributed by atoms with E-state index in [4.69, 9.17) is 12.2 Å². The Labute approximate surface area is 150 Å². The highest BCUT2D eigenvalue weighted by Gasteiger charge is 2.30. The second-order valence-electron chi connectivity index (χ2n) is 5.56. The number of aromatic nitrogens is 1. The molecular weight excluding hydrogens is 343 g/mol. The lowest BCUT2D eigenvalue weighted by Crippen LogP contribution is -2.27. The first-order valence-corrected chi connectivity index (χ1v) is 8.85. The van der Waals surface area contributed by atoms with Gasteiger partial charge in [-0.15, -0.1) is 0 Å². The van der Waals surface area contributed by atoms with E-state index >= 15 is 0 Å². The Bertz CT molecular complexity index is 853. The number of thiocarbonyl (C=S) groups is 1. The summed E-state index contributed by atoms with van der Waals surface area (Å²) in [5.41, 5.74) is 3.89. The van der Waals surface area contributed by atoms with Crippen molar-refractivity contribution in [3.05, 3.63) is 58.0 Å². The number of carbonyl (C=O) groups is 1. The van der Waals surface area contributed by atoms with Gasteiger partial charge in [0.25, 0.3) is 5.91 Å². The lowest BCUT2D eigenvalue weighted by atomic mass is 10.2. The second kappa shape index (κ2) is 6.53. The summed E-state index contributed by atoms with van der Waals surface area (Å²) in [4.78, 5) is 14.6. The van der Waals surface area contributed by atoms with Crippen LogP contribution in [0.5, 0.6) is 0 Å². The molecule has 0 bridgehead atoms. The number of hydrogen-bond acceptors (Lipinski definition) is 3. The third-order valence-electron chi connectivity index (χ3n) is 4.03. The van der Waals surface area contributed by atoms with E-state index in [2.05, 4.69) is 0 Å². The third-order valence-corrected chi connectivity index (χ3v) is 5.41. The number of likely N-dealkylation sites (N-methyl/N-ethyl adjacent to an activating group) is 1. The molecule has 0 aliphatic carbocycles. The number of halogens is 1. The van der Waals surface area contributed by atoms with Crippen molar-refractivity contribution >= 4 is 40.3 Å². The van der Waals surface area contributed by atoms with Crippen molar-refractivity contribution in [1.29, 1.82) is 0 Å². The fourth-order valence-corrected chi connectivity index (χ4v) is 4.21. The van der Waals surface area contributed by atoms with E-state index in [1.54, 1.807) is 17.0 Å². The topological polar surface area (TPSA) is 25.2 Å². The van der Waals surface area contributed by atoms with E-state index in [1.807, 2.05) is 37.5 Å². The molecule has 3 rings (SSSR count). The molecular formula is C18H17FN2OS2. The van der Waals surface area contributed by atoms with Gasteiger partial charge >= 0.3 is 0 Å². The number of amides is 1. The average molecular weight is 360 g/mol. The van der Waals surface area contributed by atoms with Gasteiger partial charge in [0.1, 0.15) is 10.1 Å². The van der Waals surface area contributed by atoms with Crippen molar-refractivity contribution in [2.45, 2.75) is 20.8 Å². The van der Waals surface area contributed by atoms with Gasteiger partial charge in [-0.1, -0.05) is 24.0 Å². The molecule has 0 radical (unpaired) electrons. The summed E-state index contributed by atoms with van der Waals surface area (Å²) in [6.07, 6.45) is 1.89. The molecule has 1 aliphatic heterocycles. The van der Waals surface area contributed by atoms with Gasteiger partial charge in [-0.2, -0.15) is 0 Å². The van der Waals surface area contributed by atoms with E-state index in [-0.39, 0.29) is 11.7 Å². The van der Waals surface area contributed by atoms with Crippen LogP contribution < -0.4 is 0 Å². The first-order valence-electron chi connectivity index (χ1n) is 7.62. The Morgan fingerprint density at radius 1 is 1.25 bits per heavy atom. The van der Waals surface area contributed by atoms with Gasteiger partial charge in [-0.25, -0.2) is 4.39 Å². The quantitative estimate of drug-likeness (QED) is 0.597. The van der Waals surface area contributed by atoms with Gasteiger partial charge in [0.05, 0.1) is 4.91 Å². The first kappa shape index (κ1) is 16.9. The molecule has 0 saturated carbocycles. The zero-order valence-corrected chi connectivity index (χ0v) is 15.3. The zero-order valence-electron chi connectivity index (χ0n) is 13.7. The Morgan fingerprint density at radius 3 is 2.50 bits per heavy atom. The van der Waals surface area contributed by atoms with Crippen LogP contribution in [0, 0.1) is 19.7 Å². The van der Waals surface area contributed by atoms with Crippen LogP contribution in [0.2, 0.25) is 0 Å². The Balaban J connectivity index is 2.01. The van der Waals surface area contributed by atoms with Gasteiger partial charge in [-0.05, 0) is 62.7 Å². The largest absolute Gasteiger partial charge is 0.318 e. The van der Waals surface area contributed by atoms with Crippen molar-refractivity contribution in [3.8, 4) is 5.69 Å². The Morgan fingerprint density at radius 2 is 1.92 bits per heavy atom. The summed E-state index contributed by atoms with van der Waals surface area (Å²) in [6, 6.07) is 8.41. The van der Waals surface area contributed by atoms with Crippen LogP contribution in [0.3, 0.4) is 0 Å². The highest BCUT2D eigenvalue weighted by atomic mass is 32.2. The fourth-order valence-electron chi connectivity index (χ4n) is 2.84. The van der Waals surface area contributed by atoms with Crippen molar-refractivity contribution in [3.63, 3.8) is 0 Å². The monoisotopic (exact) mass is 360 g/mol. The molecule has 1 aliphatic rings. The maximum Gasteiger partial charge on any atom is 0.266 e. The van der Waals surface area contributed by atoms with Crippen molar-refractivity contribution in [2.24, 2.45) is 0 Å². The number of aryl methyl sites for hydroxylation is 1. The molecule has 0 unspecified atom stereocenters. The summed E-state index contributed by atoms with van der Waals surface area (Å²) < 4.78 is 15.8. The Kier molecular flexibility index (Phi) is 4.60. The maximum absolute atomic E-state index is 13.2. The minimum absolute atomic E-state index is 0.0425. The molecule has 3 nitrogen and oxygen atoms in total. The van der Waals surface area contributed by atoms with Crippen LogP contribution >= 0.6 is 24.0 Å². The van der Waals surface area contributed by atoms with Crippen molar-refractivity contribution in [1.82, 2.24) is 9.47 Å². The van der Waals surface area contributed by atoms with Crippen LogP contribution in [0.15, 0.2) is 35.2 Å². The highest BCUT2D eigenvalue weighted by molar-refractivity contribution is 8.26. The molecule has 0 spiro atoms. The SMILES string of the molecule is CCN1C(=O)C(=Cc2cc(C)n(-c3ccc(F)cc3)c2C)SC1=S. The molecule has 1 aromatic carbocycles. The van der Waals surface area contributed by atoms with Crippen molar-refractivity contribution < 1.29 is 9.18 Å². The number of thioether (sulfide) groups is 1. The van der Waals surface area contributed by atoms with E-state index in [0.717, 1.165) is 22.6 Å². The van der Waals surface area contributed by atoms with E-state index < -0.39 is 0 Å². The third kappa shape index (κ3) is 2.91. The van der Waals surface area contributed by atoms with E-state index in [1.165, 1.54) is 23.9 Å². The van der Waals surface area contributed by atoms with Gasteiger partial charge in [0, 0.05) is 23.6 Å². The molecule has 124 valence electrons. The summed E-state index contributed by atoms with van der Waals surface area (Å²) in [7, 11) is 0. The van der Waals surface area contributed by atoms with Gasteiger partial charge in [0.15, 0.2) is 0 Å². The Hall–Kier alpha value is -1.92. The lowest BCUT2D eigenvalue weighted by Gasteiger charge is -2.10. The highest BCUT2D eigenvalue weighted by Crippen LogP contribution is 2.33. The minimum Gasteiger partial charge on any atom is -0.318 e. The molecule has 2 heterocycles. The number of rotatable bonds is 3. The predicted octanol–water partition coefficient (Wildman–Crippen LogP) is 4.45. The van der Waals surface area contributed by atoms with E-state index in [9.17, 15) is 9.18 Å². The maximum atomic E-state index is 13.2. The van der Waals surface area contributed by atoms with Crippen LogP contribution in [0.4, 0.5) is 4.39 Å². The fraction of sp³-hybridized carbons (Fsp3) is 0.222. The summed E-state index contributed by atoms with van der Waals surface area (Å²) in [5.74, 6) is -0.302. The smallest absolute Gasteiger partial charge is 0.266 e. The summed E-state index contributed by atoms with van der Waals surface area (Å²) in [6.45, 7) is 6.47. The molecule has 1 fully saturated rings. The van der Waals surface area contributed by atoms with Crippen LogP contribution in [-0.4, -0.2) is 26.2 Å². The first-order chi connectivity index (χ1) is 11.4. The zero-order chi connectivity index (χ0) is 17.4. The molecule has 24 heavy (non-hydrogen) atoms. The normalized spacial score (nSPS) is 16.5. The second-order valence-corrected chi connectivity index (χ2v) is 7.24. The number of benzene rings is 1. The van der Waals surface area contributed by atoms with Gasteiger partial charge < -0.3 is 4.57 Å². The van der Waals surface area contributed by atoms with Crippen LogP contribution in [0.1, 0.15) is 23.9 Å². The summed E-state index contributed by atoms with van der Waals surface area (Å²) >= 11 is 6.58. The average Bonchev–Trinajstić information content (AvgIpc) is 2.97. The molecule has 0 atom stereocenters. The number of carbonyl (C=O) groups excluding carboxylic acids is 1. The van der Waals surface area contributed by atoms with Gasteiger partial charge in [0.2, 0.25) is 0 Å². The lowest BCUT2D eigenvalue weighted by molar-refractivity contribution is -0.121. The molecule has 6 heteroatoms. The predicted molar refractivity (Wildman–Crippen MR) is 101 cm³/mol. The molecule has 0 N–H and O–H groups in total. The molecule has 1 aromatic heterocycles.